The van der Waals surface area contributed by atoms with E-state index in [1.54, 1.807) is 0 Å². The van der Waals surface area contributed by atoms with Gasteiger partial charge in [-0.15, -0.1) is 0 Å². The third kappa shape index (κ3) is 2.23. The lowest BCUT2D eigenvalue weighted by Crippen LogP contribution is -2.16. The van der Waals surface area contributed by atoms with Gasteiger partial charge >= 0.3 is 0 Å². The lowest BCUT2D eigenvalue weighted by molar-refractivity contribution is -0.112. The van der Waals surface area contributed by atoms with Crippen LogP contribution in [0.25, 0.3) is 0 Å². The Morgan fingerprint density at radius 3 is 2.50 bits per heavy atom. The molecule has 14 heavy (non-hydrogen) atoms. The molecule has 0 heterocycles. The fourth-order valence-corrected chi connectivity index (χ4v) is 1.14. The number of hydrogen-bond donors (Lipinski definition) is 0. The van der Waals surface area contributed by atoms with Crippen molar-refractivity contribution < 1.29 is 18.4 Å². The molecule has 0 aliphatic carbocycles. The molecule has 0 amide bonds. The summed E-state index contributed by atoms with van der Waals surface area (Å²) in [5, 5.41) is -0.207. The van der Waals surface area contributed by atoms with E-state index >= 15 is 0 Å². The predicted octanol–water partition coefficient (Wildman–Crippen LogP) is 2.11. The molecule has 0 aliphatic heterocycles. The molecule has 0 spiro atoms. The van der Waals surface area contributed by atoms with E-state index in [0.29, 0.717) is 6.07 Å². The molecule has 0 fully saturated rings. The van der Waals surface area contributed by atoms with Crippen LogP contribution in [0.4, 0.5) is 8.78 Å². The van der Waals surface area contributed by atoms with Crippen LogP contribution in [0, 0.1) is 11.6 Å². The predicted molar refractivity (Wildman–Crippen MR) is 49.5 cm³/mol. The highest BCUT2D eigenvalue weighted by Gasteiger charge is 2.19. The van der Waals surface area contributed by atoms with Gasteiger partial charge in [-0.1, -0.05) is 15.9 Å². The fourth-order valence-electron chi connectivity index (χ4n) is 0.882. The molecule has 0 saturated carbocycles. The van der Waals surface area contributed by atoms with Crippen LogP contribution in [0.5, 0.6) is 0 Å². The van der Waals surface area contributed by atoms with Crippen LogP contribution in [0.2, 0.25) is 0 Å². The van der Waals surface area contributed by atoms with Gasteiger partial charge < -0.3 is 0 Å². The van der Waals surface area contributed by atoms with Crippen molar-refractivity contribution >= 4 is 27.5 Å². The van der Waals surface area contributed by atoms with Crippen molar-refractivity contribution in [3.63, 3.8) is 0 Å². The third-order valence-corrected chi connectivity index (χ3v) is 2.06. The van der Waals surface area contributed by atoms with Crippen LogP contribution >= 0.6 is 15.9 Å². The first-order chi connectivity index (χ1) is 6.56. The van der Waals surface area contributed by atoms with Crippen molar-refractivity contribution in [2.75, 3.05) is 5.33 Å². The number of rotatable bonds is 3. The lowest BCUT2D eigenvalue weighted by atomic mass is 10.1. The summed E-state index contributed by atoms with van der Waals surface area (Å²) in [7, 11) is 0. The van der Waals surface area contributed by atoms with Crippen molar-refractivity contribution in [2.24, 2.45) is 0 Å². The van der Waals surface area contributed by atoms with Gasteiger partial charge in [0.15, 0.2) is 0 Å². The Morgan fingerprint density at radius 1 is 1.29 bits per heavy atom. The number of carbonyl (C=O) groups excluding carboxylic acids is 2. The molecule has 1 aromatic rings. The number of Topliss-reactive ketones (excluding diaryl/α,β-unsaturated/α-hetero) is 2. The minimum absolute atomic E-state index is 0.207. The first kappa shape index (κ1) is 11.0. The smallest absolute Gasteiger partial charge is 0.232 e. The number of hydrogen-bond acceptors (Lipinski definition) is 2. The molecule has 2 nitrogen and oxygen atoms in total. The molecule has 0 unspecified atom stereocenters. The topological polar surface area (TPSA) is 34.1 Å². The Morgan fingerprint density at radius 2 is 1.93 bits per heavy atom. The molecule has 5 heteroatoms. The normalized spacial score (nSPS) is 9.93. The molecule has 74 valence electrons. The SMILES string of the molecule is O=C(CBr)C(=O)c1cc(F)ccc1F. The summed E-state index contributed by atoms with van der Waals surface area (Å²) >= 11 is 2.77. The summed E-state index contributed by atoms with van der Waals surface area (Å²) < 4.78 is 25.6. The van der Waals surface area contributed by atoms with Gasteiger partial charge in [0.05, 0.1) is 10.9 Å². The van der Waals surface area contributed by atoms with Gasteiger partial charge in [-0.3, -0.25) is 9.59 Å². The quantitative estimate of drug-likeness (QED) is 0.475. The molecule has 0 aromatic heterocycles. The van der Waals surface area contributed by atoms with E-state index in [4.69, 9.17) is 0 Å². The largest absolute Gasteiger partial charge is 0.290 e. The highest BCUT2D eigenvalue weighted by Crippen LogP contribution is 2.11. The van der Waals surface area contributed by atoms with E-state index in [0.717, 1.165) is 12.1 Å². The second-order valence-corrected chi connectivity index (χ2v) is 3.07. The van der Waals surface area contributed by atoms with Crippen molar-refractivity contribution in [1.29, 1.82) is 0 Å². The van der Waals surface area contributed by atoms with Crippen molar-refractivity contribution in [3.05, 3.63) is 35.4 Å². The summed E-state index contributed by atoms with van der Waals surface area (Å²) in [5.74, 6) is -3.49. The Hall–Kier alpha value is -1.10. The van der Waals surface area contributed by atoms with Crippen LogP contribution < -0.4 is 0 Å². The maximum absolute atomic E-state index is 13.0. The first-order valence-electron chi connectivity index (χ1n) is 3.65. The summed E-state index contributed by atoms with van der Waals surface area (Å²) in [6.07, 6.45) is 0. The molecule has 0 aliphatic rings. The number of benzene rings is 1. The van der Waals surface area contributed by atoms with Crippen molar-refractivity contribution in [3.8, 4) is 0 Å². The Balaban J connectivity index is 3.12. The molecule has 1 aromatic carbocycles. The molecule has 0 bridgehead atoms. The van der Waals surface area contributed by atoms with Gasteiger partial charge in [-0.05, 0) is 18.2 Å². The number of carbonyl (C=O) groups is 2. The van der Waals surface area contributed by atoms with Crippen LogP contribution in [0.3, 0.4) is 0 Å². The highest BCUT2D eigenvalue weighted by atomic mass is 79.9. The summed E-state index contributed by atoms with van der Waals surface area (Å²) in [4.78, 5) is 22.1. The maximum atomic E-state index is 13.0. The molecule has 0 saturated heterocycles. The zero-order valence-corrected chi connectivity index (χ0v) is 8.48. The highest BCUT2D eigenvalue weighted by molar-refractivity contribution is 9.09. The molecule has 0 radical (unpaired) electrons. The van der Waals surface area contributed by atoms with Crippen LogP contribution in [-0.4, -0.2) is 16.9 Å². The van der Waals surface area contributed by atoms with Gasteiger partial charge in [0.25, 0.3) is 0 Å². The fraction of sp³-hybridized carbons (Fsp3) is 0.111. The Labute approximate surface area is 87.0 Å². The van der Waals surface area contributed by atoms with Gasteiger partial charge in [0, 0.05) is 0 Å². The van der Waals surface area contributed by atoms with Gasteiger partial charge in [0.2, 0.25) is 11.6 Å². The molecule has 1 rings (SSSR count). The second kappa shape index (κ2) is 4.41. The third-order valence-electron chi connectivity index (χ3n) is 1.55. The number of halogens is 3. The van der Waals surface area contributed by atoms with E-state index in [1.807, 2.05) is 0 Å². The summed E-state index contributed by atoms with van der Waals surface area (Å²) in [5.41, 5.74) is -0.533. The molecule has 0 atom stereocenters. The van der Waals surface area contributed by atoms with E-state index in [9.17, 15) is 18.4 Å². The second-order valence-electron chi connectivity index (χ2n) is 2.51. The van der Waals surface area contributed by atoms with E-state index in [-0.39, 0.29) is 5.33 Å². The molecule has 0 N–H and O–H groups in total. The number of ketones is 2. The standard InChI is InChI=1S/C9H5BrF2O2/c10-4-8(13)9(14)6-3-5(11)1-2-7(6)12/h1-3H,4H2. The lowest BCUT2D eigenvalue weighted by Gasteiger charge is -1.99. The molecular formula is C9H5BrF2O2. The van der Waals surface area contributed by atoms with Gasteiger partial charge in [0.1, 0.15) is 11.6 Å². The minimum Gasteiger partial charge on any atom is -0.290 e. The van der Waals surface area contributed by atoms with Crippen molar-refractivity contribution in [2.45, 2.75) is 0 Å². The summed E-state index contributed by atoms with van der Waals surface area (Å²) in [6, 6.07) is 2.40. The first-order valence-corrected chi connectivity index (χ1v) is 4.77. The Kier molecular flexibility index (Phi) is 3.46. The van der Waals surface area contributed by atoms with Crippen LogP contribution in [0.1, 0.15) is 10.4 Å². The van der Waals surface area contributed by atoms with Gasteiger partial charge in [-0.25, -0.2) is 8.78 Å². The number of alkyl halides is 1. The zero-order valence-electron chi connectivity index (χ0n) is 6.89. The van der Waals surface area contributed by atoms with Crippen LogP contribution in [0.15, 0.2) is 18.2 Å². The van der Waals surface area contributed by atoms with Crippen molar-refractivity contribution in [1.82, 2.24) is 0 Å². The van der Waals surface area contributed by atoms with Crippen LogP contribution in [-0.2, 0) is 4.79 Å². The minimum atomic E-state index is -1.03. The summed E-state index contributed by atoms with van der Waals surface area (Å²) in [6.45, 7) is 0. The van der Waals surface area contributed by atoms with E-state index < -0.39 is 28.8 Å². The zero-order chi connectivity index (χ0) is 10.7. The van der Waals surface area contributed by atoms with Gasteiger partial charge in [-0.2, -0.15) is 0 Å². The van der Waals surface area contributed by atoms with E-state index in [1.165, 1.54) is 0 Å². The average Bonchev–Trinajstić information content (AvgIpc) is 2.19. The van der Waals surface area contributed by atoms with E-state index in [2.05, 4.69) is 15.9 Å². The molecular weight excluding hydrogens is 258 g/mol. The monoisotopic (exact) mass is 262 g/mol. The average molecular weight is 263 g/mol. The Bertz CT molecular complexity index is 390. The maximum Gasteiger partial charge on any atom is 0.232 e.